The van der Waals surface area contributed by atoms with Gasteiger partial charge in [-0.15, -0.1) is 0 Å². The maximum Gasteiger partial charge on any atom is 0.224 e. The fourth-order valence-electron chi connectivity index (χ4n) is 8.40. The summed E-state index contributed by atoms with van der Waals surface area (Å²) < 4.78 is 15.2. The lowest BCUT2D eigenvalue weighted by molar-refractivity contribution is -0.126. The molecule has 2 aliphatic carbocycles. The number of aliphatic imine (C=N–C) groups is 1. The van der Waals surface area contributed by atoms with Gasteiger partial charge in [0.2, 0.25) is 5.90 Å². The number of carbonyl (C=O) groups is 1. The minimum absolute atomic E-state index is 0.00803. The van der Waals surface area contributed by atoms with Crippen LogP contribution in [0.15, 0.2) is 33.7 Å². The molecule has 8 heteroatoms. The number of ketones is 1. The summed E-state index contributed by atoms with van der Waals surface area (Å²) in [7, 11) is 0. The number of allylic oxidation sites excluding steroid dienone is 3. The van der Waals surface area contributed by atoms with Gasteiger partial charge in [0.05, 0.1) is 23.5 Å². The largest absolute Gasteiger partial charge is 0.341 e. The summed E-state index contributed by atoms with van der Waals surface area (Å²) in [6.07, 6.45) is 11.4. The SMILES string of the molecule is CC1=CCC(C)C(NC2CCNC(C)(N3C4CCC3CC(C3=NC(C5CC(=O)C5)C(C)=NO3)C4)C2C)C(F)=C1. The van der Waals surface area contributed by atoms with E-state index < -0.39 is 0 Å². The molecule has 0 amide bonds. The minimum atomic E-state index is -0.236. The summed E-state index contributed by atoms with van der Waals surface area (Å²) in [5.74, 6) is 2.18. The molecular formula is C31H46FN5O2. The van der Waals surface area contributed by atoms with Crippen LogP contribution in [0.1, 0.15) is 86.0 Å². The second kappa shape index (κ2) is 10.5. The van der Waals surface area contributed by atoms with E-state index in [2.05, 4.69) is 47.5 Å². The van der Waals surface area contributed by atoms with E-state index in [1.165, 1.54) is 12.8 Å². The van der Waals surface area contributed by atoms with Crippen LogP contribution in [0, 0.1) is 23.7 Å². The van der Waals surface area contributed by atoms with Gasteiger partial charge in [-0.2, -0.15) is 0 Å². The molecule has 4 heterocycles. The number of oxime groups is 1. The number of piperidine rings is 2. The van der Waals surface area contributed by atoms with Crippen molar-refractivity contribution in [3.63, 3.8) is 0 Å². The van der Waals surface area contributed by atoms with Gasteiger partial charge in [-0.1, -0.05) is 30.7 Å². The predicted molar refractivity (Wildman–Crippen MR) is 152 cm³/mol. The lowest BCUT2D eigenvalue weighted by atomic mass is 9.76. The summed E-state index contributed by atoms with van der Waals surface area (Å²) in [4.78, 5) is 25.3. The van der Waals surface area contributed by atoms with E-state index in [1.54, 1.807) is 6.08 Å². The number of fused-ring (bicyclic) bond motifs is 2. The zero-order chi connectivity index (χ0) is 27.5. The predicted octanol–water partition coefficient (Wildman–Crippen LogP) is 4.89. The molecule has 4 aliphatic heterocycles. The Hall–Kier alpha value is -1.90. The van der Waals surface area contributed by atoms with Gasteiger partial charge in [0.15, 0.2) is 0 Å². The summed E-state index contributed by atoms with van der Waals surface area (Å²) in [6.45, 7) is 11.8. The third-order valence-corrected chi connectivity index (χ3v) is 10.9. The highest BCUT2D eigenvalue weighted by molar-refractivity contribution is 5.96. The Morgan fingerprint density at radius 1 is 1.15 bits per heavy atom. The molecule has 3 saturated heterocycles. The van der Waals surface area contributed by atoms with Gasteiger partial charge in [-0.3, -0.25) is 15.0 Å². The van der Waals surface area contributed by atoms with E-state index in [0.29, 0.717) is 36.6 Å². The molecule has 214 valence electrons. The van der Waals surface area contributed by atoms with Crippen molar-refractivity contribution in [3.05, 3.63) is 23.6 Å². The molecule has 6 aliphatic rings. The molecule has 0 radical (unpaired) electrons. The molecule has 6 rings (SSSR count). The first kappa shape index (κ1) is 27.3. The molecule has 2 N–H and O–H groups in total. The van der Waals surface area contributed by atoms with Crippen molar-refractivity contribution in [2.24, 2.45) is 33.8 Å². The van der Waals surface area contributed by atoms with E-state index in [-0.39, 0.29) is 47.4 Å². The number of hydrogen-bond acceptors (Lipinski definition) is 7. The molecule has 0 aromatic carbocycles. The number of carbonyl (C=O) groups excluding carboxylic acids is 1. The van der Waals surface area contributed by atoms with E-state index in [0.717, 1.165) is 49.4 Å². The smallest absolute Gasteiger partial charge is 0.224 e. The second-order valence-corrected chi connectivity index (χ2v) is 13.5. The molecule has 8 atom stereocenters. The van der Waals surface area contributed by atoms with Crippen molar-refractivity contribution in [2.75, 3.05) is 6.54 Å². The van der Waals surface area contributed by atoms with Crippen LogP contribution in [0.25, 0.3) is 0 Å². The summed E-state index contributed by atoms with van der Waals surface area (Å²) in [6, 6.07) is 0.906. The molecule has 1 saturated carbocycles. The maximum absolute atomic E-state index is 15.2. The fraction of sp³-hybridized carbons (Fsp3) is 0.774. The Labute approximate surface area is 232 Å². The van der Waals surface area contributed by atoms with Crippen LogP contribution in [-0.4, -0.2) is 64.7 Å². The first-order valence-electron chi connectivity index (χ1n) is 15.3. The Kier molecular flexibility index (Phi) is 7.34. The van der Waals surface area contributed by atoms with Gasteiger partial charge in [0, 0.05) is 48.7 Å². The average Bonchev–Trinajstić information content (AvgIpc) is 3.10. The van der Waals surface area contributed by atoms with E-state index in [9.17, 15) is 4.79 Å². The van der Waals surface area contributed by atoms with E-state index >= 15 is 4.39 Å². The van der Waals surface area contributed by atoms with Crippen LogP contribution in [-0.2, 0) is 9.63 Å². The zero-order valence-corrected chi connectivity index (χ0v) is 24.3. The topological polar surface area (TPSA) is 78.3 Å². The number of nitrogens with one attached hydrogen (secondary N) is 2. The van der Waals surface area contributed by atoms with Crippen molar-refractivity contribution in [1.82, 2.24) is 15.5 Å². The highest BCUT2D eigenvalue weighted by Crippen LogP contribution is 2.47. The lowest BCUT2D eigenvalue weighted by Gasteiger charge is -2.57. The van der Waals surface area contributed by atoms with Gasteiger partial charge >= 0.3 is 0 Å². The molecule has 0 aromatic heterocycles. The molecule has 7 nitrogen and oxygen atoms in total. The Bertz CT molecular complexity index is 1090. The van der Waals surface area contributed by atoms with Gasteiger partial charge in [0.25, 0.3) is 0 Å². The number of Topliss-reactive ketones (excluding diaryl/α,β-unsaturated/α-hetero) is 1. The number of halogens is 1. The normalized spacial score (nSPS) is 43.5. The molecule has 39 heavy (non-hydrogen) atoms. The van der Waals surface area contributed by atoms with Crippen molar-refractivity contribution in [1.29, 1.82) is 0 Å². The third kappa shape index (κ3) is 4.95. The van der Waals surface area contributed by atoms with Crippen LogP contribution < -0.4 is 10.6 Å². The zero-order valence-electron chi connectivity index (χ0n) is 24.3. The third-order valence-electron chi connectivity index (χ3n) is 10.9. The van der Waals surface area contributed by atoms with Gasteiger partial charge in [-0.25, -0.2) is 9.38 Å². The first-order valence-corrected chi connectivity index (χ1v) is 15.3. The van der Waals surface area contributed by atoms with Crippen LogP contribution in [0.2, 0.25) is 0 Å². The molecule has 0 aromatic rings. The number of nitrogens with zero attached hydrogens (tertiary/aromatic N) is 3. The standard InChI is InChI=1S/C31H46FN5O2/c1-17-6-7-18(2)28(26(32)12-17)34-27-10-11-33-31(5,19(27)3)37-23-8-9-24(37)14-22(13-23)30-35-29(20(4)36-39-30)21-15-25(38)16-21/h6,12,18-19,21-24,27-29,33-34H,7-11,13-16H2,1-5H3. The average molecular weight is 540 g/mol. The number of rotatable bonds is 5. The van der Waals surface area contributed by atoms with Crippen LogP contribution in [0.5, 0.6) is 0 Å². The Morgan fingerprint density at radius 3 is 2.56 bits per heavy atom. The molecule has 4 fully saturated rings. The number of hydrogen-bond donors (Lipinski definition) is 2. The Morgan fingerprint density at radius 2 is 1.87 bits per heavy atom. The van der Waals surface area contributed by atoms with Crippen molar-refractivity contribution >= 4 is 17.4 Å². The van der Waals surface area contributed by atoms with Gasteiger partial charge < -0.3 is 10.2 Å². The van der Waals surface area contributed by atoms with Crippen molar-refractivity contribution in [2.45, 2.75) is 122 Å². The lowest BCUT2D eigenvalue weighted by Crippen LogP contribution is -2.72. The summed E-state index contributed by atoms with van der Waals surface area (Å²) in [5.41, 5.74) is 1.75. The van der Waals surface area contributed by atoms with Crippen molar-refractivity contribution in [3.8, 4) is 0 Å². The molecular weight excluding hydrogens is 493 g/mol. The highest BCUT2D eigenvalue weighted by atomic mass is 19.1. The van der Waals surface area contributed by atoms with Crippen LogP contribution in [0.4, 0.5) is 4.39 Å². The van der Waals surface area contributed by atoms with Gasteiger partial charge in [-0.05, 0) is 77.8 Å². The maximum atomic E-state index is 15.2. The fourth-order valence-corrected chi connectivity index (χ4v) is 8.40. The quantitative estimate of drug-likeness (QED) is 0.520. The van der Waals surface area contributed by atoms with Crippen LogP contribution >= 0.6 is 0 Å². The Balaban J connectivity index is 1.16. The van der Waals surface area contributed by atoms with Gasteiger partial charge in [0.1, 0.15) is 11.6 Å². The van der Waals surface area contributed by atoms with E-state index in [1.807, 2.05) is 13.8 Å². The van der Waals surface area contributed by atoms with E-state index in [4.69, 9.17) is 9.83 Å². The summed E-state index contributed by atoms with van der Waals surface area (Å²) in [5, 5.41) is 12.1. The summed E-state index contributed by atoms with van der Waals surface area (Å²) >= 11 is 0. The molecule has 0 spiro atoms. The molecule has 8 unspecified atom stereocenters. The second-order valence-electron chi connectivity index (χ2n) is 13.5. The monoisotopic (exact) mass is 539 g/mol. The highest BCUT2D eigenvalue weighted by Gasteiger charge is 2.54. The molecule has 2 bridgehead atoms. The van der Waals surface area contributed by atoms with Crippen molar-refractivity contribution < 1.29 is 14.0 Å². The minimum Gasteiger partial charge on any atom is -0.341 e. The van der Waals surface area contributed by atoms with Crippen LogP contribution in [0.3, 0.4) is 0 Å². The first-order chi connectivity index (χ1) is 18.6.